The number of aryl methyl sites for hydroxylation is 1. The highest BCUT2D eigenvalue weighted by Gasteiger charge is 2.15. The van der Waals surface area contributed by atoms with Crippen LogP contribution in [0.5, 0.6) is 0 Å². The van der Waals surface area contributed by atoms with Gasteiger partial charge in [-0.05, 0) is 30.9 Å². The Balaban J connectivity index is 1.89. The van der Waals surface area contributed by atoms with Crippen molar-refractivity contribution < 1.29 is 4.79 Å². The first kappa shape index (κ1) is 13.3. The van der Waals surface area contributed by atoms with Crippen molar-refractivity contribution in [2.45, 2.75) is 51.5 Å². The number of benzene rings is 1. The summed E-state index contributed by atoms with van der Waals surface area (Å²) in [6.45, 7) is 2.65. The van der Waals surface area contributed by atoms with Crippen LogP contribution >= 0.6 is 0 Å². The standard InChI is InChI=1S/C16H23NO/c1-2-6-13-7-5-8-14(11-13)16(18)12-17-15-9-3-4-10-15/h5,7-8,11,15,17H,2-4,6,9-10,12H2,1H3. The van der Waals surface area contributed by atoms with Crippen molar-refractivity contribution in [3.63, 3.8) is 0 Å². The predicted octanol–water partition coefficient (Wildman–Crippen LogP) is 3.35. The number of hydrogen-bond acceptors (Lipinski definition) is 2. The van der Waals surface area contributed by atoms with E-state index in [0.717, 1.165) is 18.4 Å². The molecule has 98 valence electrons. The molecule has 1 N–H and O–H groups in total. The Hall–Kier alpha value is -1.15. The van der Waals surface area contributed by atoms with Crippen molar-refractivity contribution in [3.8, 4) is 0 Å². The van der Waals surface area contributed by atoms with Gasteiger partial charge >= 0.3 is 0 Å². The van der Waals surface area contributed by atoms with Crippen molar-refractivity contribution in [1.82, 2.24) is 5.32 Å². The lowest BCUT2D eigenvalue weighted by Crippen LogP contribution is -2.31. The van der Waals surface area contributed by atoms with E-state index in [1.165, 1.54) is 31.2 Å². The lowest BCUT2D eigenvalue weighted by Gasteiger charge is -2.11. The molecule has 0 spiro atoms. The topological polar surface area (TPSA) is 29.1 Å². The molecule has 2 rings (SSSR count). The predicted molar refractivity (Wildman–Crippen MR) is 75.0 cm³/mol. The van der Waals surface area contributed by atoms with E-state index < -0.39 is 0 Å². The number of carbonyl (C=O) groups excluding carboxylic acids is 1. The first-order valence-corrected chi connectivity index (χ1v) is 7.15. The van der Waals surface area contributed by atoms with Gasteiger partial charge < -0.3 is 5.32 Å². The van der Waals surface area contributed by atoms with Gasteiger partial charge in [-0.2, -0.15) is 0 Å². The van der Waals surface area contributed by atoms with Crippen LogP contribution in [0.15, 0.2) is 24.3 Å². The summed E-state index contributed by atoms with van der Waals surface area (Å²) in [7, 11) is 0. The van der Waals surface area contributed by atoms with Crippen molar-refractivity contribution >= 4 is 5.78 Å². The molecular weight excluding hydrogens is 222 g/mol. The minimum absolute atomic E-state index is 0.222. The number of Topliss-reactive ketones (excluding diaryl/α,β-unsaturated/α-hetero) is 1. The van der Waals surface area contributed by atoms with Crippen LogP contribution in [0.4, 0.5) is 0 Å². The van der Waals surface area contributed by atoms with Gasteiger partial charge in [0.1, 0.15) is 0 Å². The Morgan fingerprint density at radius 1 is 1.33 bits per heavy atom. The van der Waals surface area contributed by atoms with Gasteiger partial charge in [-0.1, -0.05) is 44.4 Å². The van der Waals surface area contributed by atoms with E-state index in [4.69, 9.17) is 0 Å². The minimum Gasteiger partial charge on any atom is -0.307 e. The molecule has 1 aromatic carbocycles. The van der Waals surface area contributed by atoms with Crippen LogP contribution in [0, 0.1) is 0 Å². The highest BCUT2D eigenvalue weighted by molar-refractivity contribution is 5.97. The molecule has 2 heteroatoms. The number of rotatable bonds is 6. The molecule has 1 saturated carbocycles. The second kappa shape index (κ2) is 6.69. The Morgan fingerprint density at radius 2 is 2.11 bits per heavy atom. The molecule has 1 fully saturated rings. The van der Waals surface area contributed by atoms with Crippen LogP contribution in [-0.2, 0) is 6.42 Å². The lowest BCUT2D eigenvalue weighted by atomic mass is 10.0. The summed E-state index contributed by atoms with van der Waals surface area (Å²) in [4.78, 5) is 12.1. The summed E-state index contributed by atoms with van der Waals surface area (Å²) in [6, 6.07) is 8.63. The molecule has 2 nitrogen and oxygen atoms in total. The zero-order valence-electron chi connectivity index (χ0n) is 11.2. The Kier molecular flexibility index (Phi) is 4.94. The highest BCUT2D eigenvalue weighted by atomic mass is 16.1. The van der Waals surface area contributed by atoms with Crippen LogP contribution in [0.2, 0.25) is 0 Å². The van der Waals surface area contributed by atoms with Crippen LogP contribution in [0.25, 0.3) is 0 Å². The van der Waals surface area contributed by atoms with E-state index in [0.29, 0.717) is 12.6 Å². The van der Waals surface area contributed by atoms with Gasteiger partial charge in [0.15, 0.2) is 5.78 Å². The SMILES string of the molecule is CCCc1cccc(C(=O)CNC2CCCC2)c1. The quantitative estimate of drug-likeness (QED) is 0.779. The third-order valence-electron chi connectivity index (χ3n) is 3.69. The van der Waals surface area contributed by atoms with Crippen LogP contribution in [0.3, 0.4) is 0 Å². The molecule has 0 aromatic heterocycles. The smallest absolute Gasteiger partial charge is 0.176 e. The molecule has 1 aromatic rings. The molecule has 0 unspecified atom stereocenters. The third-order valence-corrected chi connectivity index (χ3v) is 3.69. The van der Waals surface area contributed by atoms with Gasteiger partial charge in [0, 0.05) is 11.6 Å². The summed E-state index contributed by atoms with van der Waals surface area (Å²) in [6.07, 6.45) is 7.23. The number of nitrogens with one attached hydrogen (secondary N) is 1. The summed E-state index contributed by atoms with van der Waals surface area (Å²) < 4.78 is 0. The lowest BCUT2D eigenvalue weighted by molar-refractivity contribution is 0.0987. The van der Waals surface area contributed by atoms with E-state index >= 15 is 0 Å². The molecule has 0 aliphatic heterocycles. The molecule has 0 saturated heterocycles. The zero-order valence-corrected chi connectivity index (χ0v) is 11.2. The van der Waals surface area contributed by atoms with Gasteiger partial charge in [-0.25, -0.2) is 0 Å². The Labute approximate surface area is 110 Å². The van der Waals surface area contributed by atoms with E-state index in [2.05, 4.69) is 18.3 Å². The highest BCUT2D eigenvalue weighted by Crippen LogP contribution is 2.17. The maximum atomic E-state index is 12.1. The van der Waals surface area contributed by atoms with Crippen LogP contribution in [-0.4, -0.2) is 18.4 Å². The molecule has 0 radical (unpaired) electrons. The molecule has 0 atom stereocenters. The van der Waals surface area contributed by atoms with E-state index in [-0.39, 0.29) is 5.78 Å². The van der Waals surface area contributed by atoms with Crippen LogP contribution < -0.4 is 5.32 Å². The maximum absolute atomic E-state index is 12.1. The Morgan fingerprint density at radius 3 is 2.83 bits per heavy atom. The fourth-order valence-electron chi connectivity index (χ4n) is 2.66. The second-order valence-electron chi connectivity index (χ2n) is 5.24. The van der Waals surface area contributed by atoms with Gasteiger partial charge in [-0.3, -0.25) is 4.79 Å². The summed E-state index contributed by atoms with van der Waals surface area (Å²) >= 11 is 0. The second-order valence-corrected chi connectivity index (χ2v) is 5.24. The molecule has 1 aliphatic rings. The van der Waals surface area contributed by atoms with Gasteiger partial charge in [0.2, 0.25) is 0 Å². The van der Waals surface area contributed by atoms with Gasteiger partial charge in [0.05, 0.1) is 6.54 Å². The van der Waals surface area contributed by atoms with E-state index in [1.54, 1.807) is 0 Å². The first-order chi connectivity index (χ1) is 8.79. The fraction of sp³-hybridized carbons (Fsp3) is 0.562. The molecule has 1 aliphatic carbocycles. The zero-order chi connectivity index (χ0) is 12.8. The largest absolute Gasteiger partial charge is 0.307 e. The van der Waals surface area contributed by atoms with Crippen molar-refractivity contribution in [1.29, 1.82) is 0 Å². The van der Waals surface area contributed by atoms with Crippen molar-refractivity contribution in [2.24, 2.45) is 0 Å². The molecule has 0 amide bonds. The number of carbonyl (C=O) groups is 1. The van der Waals surface area contributed by atoms with E-state index in [1.807, 2.05) is 18.2 Å². The average Bonchev–Trinajstić information content (AvgIpc) is 2.90. The normalized spacial score (nSPS) is 16.1. The van der Waals surface area contributed by atoms with Crippen LogP contribution in [0.1, 0.15) is 54.9 Å². The minimum atomic E-state index is 0.222. The molecule has 0 bridgehead atoms. The molecule has 18 heavy (non-hydrogen) atoms. The van der Waals surface area contributed by atoms with Gasteiger partial charge in [0.25, 0.3) is 0 Å². The van der Waals surface area contributed by atoms with Crippen molar-refractivity contribution in [2.75, 3.05) is 6.54 Å². The maximum Gasteiger partial charge on any atom is 0.176 e. The summed E-state index contributed by atoms with van der Waals surface area (Å²) in [5.74, 6) is 0.222. The monoisotopic (exact) mass is 245 g/mol. The average molecular weight is 245 g/mol. The first-order valence-electron chi connectivity index (χ1n) is 7.15. The third kappa shape index (κ3) is 3.67. The number of hydrogen-bond donors (Lipinski definition) is 1. The van der Waals surface area contributed by atoms with E-state index in [9.17, 15) is 4.79 Å². The number of ketones is 1. The molecule has 0 heterocycles. The van der Waals surface area contributed by atoms with Gasteiger partial charge in [-0.15, -0.1) is 0 Å². The Bertz CT molecular complexity index is 394. The van der Waals surface area contributed by atoms with Crippen molar-refractivity contribution in [3.05, 3.63) is 35.4 Å². The fourth-order valence-corrected chi connectivity index (χ4v) is 2.66. The molecular formula is C16H23NO. The summed E-state index contributed by atoms with van der Waals surface area (Å²) in [5.41, 5.74) is 2.12. The summed E-state index contributed by atoms with van der Waals surface area (Å²) in [5, 5.41) is 3.38.